The summed E-state index contributed by atoms with van der Waals surface area (Å²) >= 11 is 6.22. The Morgan fingerprint density at radius 1 is 1.18 bits per heavy atom. The first-order chi connectivity index (χ1) is 15.6. The van der Waals surface area contributed by atoms with Crippen LogP contribution in [0.4, 0.5) is 14.9 Å². The van der Waals surface area contributed by atoms with Gasteiger partial charge >= 0.3 is 12.0 Å². The number of benzene rings is 2. The highest BCUT2D eigenvalue weighted by atomic mass is 35.5. The molecule has 0 radical (unpaired) electrons. The zero-order valence-electron chi connectivity index (χ0n) is 18.6. The number of imide groups is 1. The van der Waals surface area contributed by atoms with Crippen molar-refractivity contribution in [3.8, 4) is 11.5 Å². The Kier molecular flexibility index (Phi) is 7.43. The smallest absolute Gasteiger partial charge is 0.346 e. The molecule has 1 fully saturated rings. The lowest BCUT2D eigenvalue weighted by molar-refractivity contribution is -0.147. The first kappa shape index (κ1) is 24.3. The molecule has 0 aliphatic carbocycles. The number of esters is 1. The number of amides is 3. The highest BCUT2D eigenvalue weighted by molar-refractivity contribution is 6.32. The van der Waals surface area contributed by atoms with Crippen LogP contribution in [0.15, 0.2) is 36.4 Å². The Hall–Kier alpha value is -3.33. The number of hydrogen-bond acceptors (Lipinski definition) is 6. The molecule has 33 heavy (non-hydrogen) atoms. The second-order valence-electron chi connectivity index (χ2n) is 7.65. The molecule has 2 aromatic carbocycles. The van der Waals surface area contributed by atoms with Crippen LogP contribution in [0.25, 0.3) is 0 Å². The molecule has 3 amide bonds. The van der Waals surface area contributed by atoms with Crippen molar-refractivity contribution in [1.82, 2.24) is 4.90 Å². The predicted molar refractivity (Wildman–Crippen MR) is 119 cm³/mol. The summed E-state index contributed by atoms with van der Waals surface area (Å²) in [6.07, 6.45) is -0.897. The van der Waals surface area contributed by atoms with Crippen LogP contribution in [0.5, 0.6) is 11.5 Å². The average Bonchev–Trinajstić information content (AvgIpc) is 3.07. The van der Waals surface area contributed by atoms with Crippen LogP contribution in [-0.4, -0.2) is 48.6 Å². The molecule has 0 spiro atoms. The monoisotopic (exact) mass is 478 g/mol. The molecule has 1 saturated heterocycles. The number of hydrogen-bond donors (Lipinski definition) is 0. The van der Waals surface area contributed by atoms with E-state index in [9.17, 15) is 18.8 Å². The lowest BCUT2D eigenvalue weighted by Crippen LogP contribution is -2.36. The molecular weight excluding hydrogens is 455 g/mol. The fraction of sp³-hybridized carbons (Fsp3) is 0.348. The first-order valence-corrected chi connectivity index (χ1v) is 10.6. The van der Waals surface area contributed by atoms with E-state index in [-0.39, 0.29) is 41.4 Å². The molecule has 3 rings (SSSR count). The fourth-order valence-corrected chi connectivity index (χ4v) is 3.51. The van der Waals surface area contributed by atoms with Crippen molar-refractivity contribution >= 4 is 35.2 Å². The molecule has 1 atom stereocenters. The normalized spacial score (nSPS) is 14.6. The minimum Gasteiger partial charge on any atom is -0.489 e. The van der Waals surface area contributed by atoms with E-state index >= 15 is 0 Å². The number of anilines is 1. The van der Waals surface area contributed by atoms with Gasteiger partial charge < -0.3 is 19.1 Å². The summed E-state index contributed by atoms with van der Waals surface area (Å²) < 4.78 is 30.8. The number of carbonyl (C=O) groups is 3. The number of halogens is 2. The summed E-state index contributed by atoms with van der Waals surface area (Å²) in [6.45, 7) is 4.94. The molecule has 1 aliphatic heterocycles. The van der Waals surface area contributed by atoms with E-state index in [1.807, 2.05) is 0 Å². The standard InChI is InChI=1S/C23H24ClFN2O6/c1-13(2)26-11-20(28)27(23(26)30)19-9-8-16(10-18(19)25)32-12-15-6-5-7-17(24)21(15)33-14(3)22(29)31-4/h5-10,13-14H,11-12H2,1-4H3. The third kappa shape index (κ3) is 5.19. The molecule has 1 unspecified atom stereocenters. The number of nitrogens with zero attached hydrogens (tertiary/aromatic N) is 2. The quantitative estimate of drug-likeness (QED) is 0.418. The van der Waals surface area contributed by atoms with Crippen LogP contribution in [-0.2, 0) is 20.9 Å². The van der Waals surface area contributed by atoms with E-state index in [1.165, 1.54) is 31.1 Å². The van der Waals surface area contributed by atoms with Crippen molar-refractivity contribution in [2.45, 2.75) is 39.5 Å². The summed E-state index contributed by atoms with van der Waals surface area (Å²) in [5.74, 6) is -1.43. The van der Waals surface area contributed by atoms with Crippen LogP contribution in [0, 0.1) is 5.82 Å². The van der Waals surface area contributed by atoms with E-state index in [1.54, 1.807) is 32.0 Å². The number of urea groups is 1. The van der Waals surface area contributed by atoms with Crippen LogP contribution >= 0.6 is 11.6 Å². The molecule has 0 bridgehead atoms. The topological polar surface area (TPSA) is 85.4 Å². The molecule has 8 nitrogen and oxygen atoms in total. The molecule has 176 valence electrons. The lowest BCUT2D eigenvalue weighted by Gasteiger charge is -2.21. The molecule has 1 aliphatic rings. The van der Waals surface area contributed by atoms with Crippen molar-refractivity contribution < 1.29 is 33.0 Å². The van der Waals surface area contributed by atoms with Crippen LogP contribution in [0.2, 0.25) is 5.02 Å². The van der Waals surface area contributed by atoms with Gasteiger partial charge in [0, 0.05) is 17.7 Å². The van der Waals surface area contributed by atoms with Gasteiger partial charge in [-0.2, -0.15) is 0 Å². The van der Waals surface area contributed by atoms with Crippen molar-refractivity contribution in [2.24, 2.45) is 0 Å². The first-order valence-electron chi connectivity index (χ1n) is 10.2. The molecule has 2 aromatic rings. The van der Waals surface area contributed by atoms with Crippen molar-refractivity contribution in [2.75, 3.05) is 18.6 Å². The Morgan fingerprint density at radius 2 is 1.91 bits per heavy atom. The van der Waals surface area contributed by atoms with Gasteiger partial charge in [0.1, 0.15) is 24.7 Å². The predicted octanol–water partition coefficient (Wildman–Crippen LogP) is 4.18. The average molecular weight is 479 g/mol. The molecule has 0 saturated carbocycles. The van der Waals surface area contributed by atoms with Gasteiger partial charge in [-0.3, -0.25) is 4.79 Å². The van der Waals surface area contributed by atoms with Gasteiger partial charge in [-0.25, -0.2) is 18.9 Å². The summed E-state index contributed by atoms with van der Waals surface area (Å²) in [6, 6.07) is 8.09. The van der Waals surface area contributed by atoms with Crippen molar-refractivity contribution in [3.63, 3.8) is 0 Å². The third-order valence-electron chi connectivity index (χ3n) is 5.05. The van der Waals surface area contributed by atoms with E-state index < -0.39 is 29.8 Å². The number of carbonyl (C=O) groups excluding carboxylic acids is 3. The highest BCUT2D eigenvalue weighted by Gasteiger charge is 2.39. The van der Waals surface area contributed by atoms with Crippen molar-refractivity contribution in [3.05, 3.63) is 52.8 Å². The maximum absolute atomic E-state index is 14.8. The van der Waals surface area contributed by atoms with E-state index in [0.29, 0.717) is 5.56 Å². The van der Waals surface area contributed by atoms with Crippen LogP contribution < -0.4 is 14.4 Å². The number of ether oxygens (including phenoxy) is 3. The Balaban J connectivity index is 1.76. The number of para-hydroxylation sites is 1. The zero-order chi connectivity index (χ0) is 24.3. The highest BCUT2D eigenvalue weighted by Crippen LogP contribution is 2.32. The maximum Gasteiger partial charge on any atom is 0.346 e. The number of rotatable bonds is 8. The molecular formula is C23H24ClFN2O6. The van der Waals surface area contributed by atoms with Gasteiger partial charge in [0.2, 0.25) is 0 Å². The molecule has 0 N–H and O–H groups in total. The SMILES string of the molecule is COC(=O)C(C)Oc1c(Cl)cccc1COc1ccc(N2C(=O)CN(C(C)C)C2=O)c(F)c1. The number of methoxy groups -OCH3 is 1. The van der Waals surface area contributed by atoms with Crippen molar-refractivity contribution in [1.29, 1.82) is 0 Å². The second kappa shape index (κ2) is 10.1. The summed E-state index contributed by atoms with van der Waals surface area (Å²) in [7, 11) is 1.25. The molecule has 10 heteroatoms. The Bertz CT molecular complexity index is 1080. The molecule has 0 aromatic heterocycles. The van der Waals surface area contributed by atoms with Crippen LogP contribution in [0.1, 0.15) is 26.3 Å². The van der Waals surface area contributed by atoms with Crippen LogP contribution in [0.3, 0.4) is 0 Å². The Labute approximate surface area is 195 Å². The molecule has 1 heterocycles. The summed E-state index contributed by atoms with van der Waals surface area (Å²) in [4.78, 5) is 38.7. The third-order valence-corrected chi connectivity index (χ3v) is 5.34. The second-order valence-corrected chi connectivity index (χ2v) is 8.05. The summed E-state index contributed by atoms with van der Waals surface area (Å²) in [5, 5.41) is 0.272. The fourth-order valence-electron chi connectivity index (χ4n) is 3.27. The zero-order valence-corrected chi connectivity index (χ0v) is 19.4. The van der Waals surface area contributed by atoms with E-state index in [0.717, 1.165) is 11.0 Å². The Morgan fingerprint density at radius 3 is 2.52 bits per heavy atom. The van der Waals surface area contributed by atoms with Gasteiger partial charge in [-0.05, 0) is 39.0 Å². The minimum atomic E-state index is -0.897. The van der Waals surface area contributed by atoms with Gasteiger partial charge in [-0.15, -0.1) is 0 Å². The van der Waals surface area contributed by atoms with E-state index in [4.69, 9.17) is 21.1 Å². The largest absolute Gasteiger partial charge is 0.489 e. The van der Waals surface area contributed by atoms with E-state index in [2.05, 4.69) is 4.74 Å². The van der Waals surface area contributed by atoms with Gasteiger partial charge in [0.05, 0.1) is 17.8 Å². The van der Waals surface area contributed by atoms with Gasteiger partial charge in [-0.1, -0.05) is 23.7 Å². The van der Waals surface area contributed by atoms with Gasteiger partial charge in [0.25, 0.3) is 5.91 Å². The minimum absolute atomic E-state index is 0.0364. The summed E-state index contributed by atoms with van der Waals surface area (Å²) in [5.41, 5.74) is 0.388. The van der Waals surface area contributed by atoms with Gasteiger partial charge in [0.15, 0.2) is 11.9 Å². The lowest BCUT2D eigenvalue weighted by atomic mass is 10.2. The maximum atomic E-state index is 14.8.